The van der Waals surface area contributed by atoms with Crippen LogP contribution in [-0.2, 0) is 9.59 Å². The molecule has 0 saturated heterocycles. The van der Waals surface area contributed by atoms with Crippen LogP contribution in [0, 0.1) is 0 Å². The Morgan fingerprint density at radius 2 is 2.00 bits per heavy atom. The number of para-hydroxylation sites is 2. The zero-order valence-corrected chi connectivity index (χ0v) is 13.1. The monoisotopic (exact) mass is 289 g/mol. The average Bonchev–Trinajstić information content (AvgIpc) is 2.38. The second kappa shape index (κ2) is 5.76. The highest BCUT2D eigenvalue weighted by Gasteiger charge is 2.38. The van der Waals surface area contributed by atoms with Gasteiger partial charge in [-0.3, -0.25) is 9.59 Å². The summed E-state index contributed by atoms with van der Waals surface area (Å²) in [5, 5.41) is 6.09. The lowest BCUT2D eigenvalue weighted by molar-refractivity contribution is -0.122. The second-order valence-electron chi connectivity index (χ2n) is 6.20. The molecule has 2 rings (SSSR count). The molecule has 0 atom stereocenters. The molecular formula is C16H23N3O2. The van der Waals surface area contributed by atoms with E-state index in [1.165, 1.54) is 0 Å². The van der Waals surface area contributed by atoms with Crippen LogP contribution in [0.2, 0.25) is 0 Å². The lowest BCUT2D eigenvalue weighted by Crippen LogP contribution is -2.54. The van der Waals surface area contributed by atoms with Gasteiger partial charge in [0.25, 0.3) is 5.91 Å². The summed E-state index contributed by atoms with van der Waals surface area (Å²) in [7, 11) is 0. The summed E-state index contributed by atoms with van der Waals surface area (Å²) in [5.74, 6) is -0.0508. The largest absolute Gasteiger partial charge is 0.370 e. The minimum absolute atomic E-state index is 0.0152. The molecule has 0 radical (unpaired) electrons. The summed E-state index contributed by atoms with van der Waals surface area (Å²) < 4.78 is 0. The van der Waals surface area contributed by atoms with Gasteiger partial charge in [0.2, 0.25) is 5.91 Å². The normalized spacial score (nSPS) is 16.4. The highest BCUT2D eigenvalue weighted by molar-refractivity contribution is 6.07. The predicted octanol–water partition coefficient (Wildman–Crippen LogP) is 2.14. The first-order valence-corrected chi connectivity index (χ1v) is 7.30. The number of fused-ring (bicyclic) bond motifs is 1. The van der Waals surface area contributed by atoms with Gasteiger partial charge < -0.3 is 15.5 Å². The van der Waals surface area contributed by atoms with E-state index in [1.807, 2.05) is 52.0 Å². The van der Waals surface area contributed by atoms with Crippen LogP contribution in [-0.4, -0.2) is 29.9 Å². The maximum Gasteiger partial charge on any atom is 0.252 e. The Labute approximate surface area is 125 Å². The maximum atomic E-state index is 12.6. The minimum Gasteiger partial charge on any atom is -0.370 e. The lowest BCUT2D eigenvalue weighted by atomic mass is 9.98. The van der Waals surface area contributed by atoms with E-state index >= 15 is 0 Å². The van der Waals surface area contributed by atoms with E-state index in [1.54, 1.807) is 4.90 Å². The summed E-state index contributed by atoms with van der Waals surface area (Å²) in [6.45, 7) is 7.94. The molecular weight excluding hydrogens is 266 g/mol. The summed E-state index contributed by atoms with van der Waals surface area (Å²) in [6.07, 6.45) is 0.300. The van der Waals surface area contributed by atoms with E-state index in [-0.39, 0.29) is 17.9 Å². The Morgan fingerprint density at radius 3 is 2.67 bits per heavy atom. The fourth-order valence-electron chi connectivity index (χ4n) is 2.48. The zero-order valence-electron chi connectivity index (χ0n) is 13.1. The van der Waals surface area contributed by atoms with E-state index in [2.05, 4.69) is 10.6 Å². The Bertz CT molecular complexity index is 552. The molecule has 0 aliphatic carbocycles. The smallest absolute Gasteiger partial charge is 0.252 e. The molecule has 1 aromatic rings. The highest BCUT2D eigenvalue weighted by Crippen LogP contribution is 2.34. The number of carbonyl (C=O) groups excluding carboxylic acids is 2. The van der Waals surface area contributed by atoms with Gasteiger partial charge in [-0.1, -0.05) is 12.1 Å². The molecule has 0 aromatic heterocycles. The molecule has 1 aromatic carbocycles. The molecule has 1 heterocycles. The second-order valence-corrected chi connectivity index (χ2v) is 6.20. The molecule has 1 aliphatic rings. The van der Waals surface area contributed by atoms with Crippen molar-refractivity contribution in [2.45, 2.75) is 45.7 Å². The Morgan fingerprint density at radius 1 is 1.33 bits per heavy atom. The minimum atomic E-state index is -0.664. The van der Waals surface area contributed by atoms with Crippen LogP contribution in [0.5, 0.6) is 0 Å². The van der Waals surface area contributed by atoms with Crippen molar-refractivity contribution in [3.8, 4) is 0 Å². The first-order valence-electron chi connectivity index (χ1n) is 7.30. The van der Waals surface area contributed by atoms with Gasteiger partial charge >= 0.3 is 0 Å². The van der Waals surface area contributed by atoms with Gasteiger partial charge in [0, 0.05) is 19.0 Å². The van der Waals surface area contributed by atoms with Crippen LogP contribution in [0.15, 0.2) is 24.3 Å². The number of nitrogens with one attached hydrogen (secondary N) is 2. The molecule has 2 N–H and O–H groups in total. The number of hydrogen-bond donors (Lipinski definition) is 2. The molecule has 5 heteroatoms. The number of rotatable bonds is 4. The van der Waals surface area contributed by atoms with Crippen molar-refractivity contribution >= 4 is 23.2 Å². The zero-order chi connectivity index (χ0) is 15.6. The van der Waals surface area contributed by atoms with Crippen LogP contribution in [0.3, 0.4) is 0 Å². The number of benzene rings is 1. The predicted molar refractivity (Wildman–Crippen MR) is 84.4 cm³/mol. The van der Waals surface area contributed by atoms with Crippen LogP contribution in [0.1, 0.15) is 34.1 Å². The lowest BCUT2D eigenvalue weighted by Gasteiger charge is -2.39. The van der Waals surface area contributed by atoms with Crippen molar-refractivity contribution in [1.82, 2.24) is 5.32 Å². The van der Waals surface area contributed by atoms with Crippen LogP contribution in [0.4, 0.5) is 11.4 Å². The molecule has 114 valence electrons. The van der Waals surface area contributed by atoms with Crippen LogP contribution >= 0.6 is 0 Å². The molecule has 0 unspecified atom stereocenters. The third kappa shape index (κ3) is 3.35. The first-order chi connectivity index (χ1) is 9.81. The summed E-state index contributed by atoms with van der Waals surface area (Å²) in [4.78, 5) is 26.1. The fourth-order valence-corrected chi connectivity index (χ4v) is 2.48. The van der Waals surface area contributed by atoms with E-state index in [0.29, 0.717) is 13.0 Å². The Hall–Kier alpha value is -2.04. The van der Waals surface area contributed by atoms with Gasteiger partial charge in [0.1, 0.15) is 5.54 Å². The molecule has 2 amide bonds. The molecule has 21 heavy (non-hydrogen) atoms. The molecule has 0 saturated carbocycles. The number of anilines is 2. The Balaban J connectivity index is 2.17. The van der Waals surface area contributed by atoms with E-state index < -0.39 is 5.54 Å². The van der Waals surface area contributed by atoms with E-state index in [4.69, 9.17) is 0 Å². The Kier molecular flexibility index (Phi) is 4.21. The van der Waals surface area contributed by atoms with Gasteiger partial charge in [0.15, 0.2) is 0 Å². The number of amides is 2. The van der Waals surface area contributed by atoms with Crippen molar-refractivity contribution in [2.24, 2.45) is 0 Å². The van der Waals surface area contributed by atoms with Gasteiger partial charge in [0.05, 0.1) is 11.4 Å². The standard InChI is InChI=1S/C16H23N3O2/c1-11(2)17-14(20)9-10-19-13-8-6-5-7-12(13)18-16(3,4)15(19)21/h5-8,11,18H,9-10H2,1-4H3,(H,17,20). The average molecular weight is 289 g/mol. The van der Waals surface area contributed by atoms with E-state index in [0.717, 1.165) is 11.4 Å². The van der Waals surface area contributed by atoms with Crippen molar-refractivity contribution in [2.75, 3.05) is 16.8 Å². The van der Waals surface area contributed by atoms with Crippen molar-refractivity contribution in [3.05, 3.63) is 24.3 Å². The quantitative estimate of drug-likeness (QED) is 0.892. The summed E-state index contributed by atoms with van der Waals surface area (Å²) in [6, 6.07) is 7.79. The molecule has 5 nitrogen and oxygen atoms in total. The molecule has 0 spiro atoms. The van der Waals surface area contributed by atoms with Crippen molar-refractivity contribution in [1.29, 1.82) is 0 Å². The third-order valence-corrected chi connectivity index (χ3v) is 3.43. The fraction of sp³-hybridized carbons (Fsp3) is 0.500. The van der Waals surface area contributed by atoms with E-state index in [9.17, 15) is 9.59 Å². The highest BCUT2D eigenvalue weighted by atomic mass is 16.2. The number of carbonyl (C=O) groups is 2. The van der Waals surface area contributed by atoms with Crippen LogP contribution < -0.4 is 15.5 Å². The van der Waals surface area contributed by atoms with Gasteiger partial charge in [-0.05, 0) is 39.8 Å². The SMILES string of the molecule is CC(C)NC(=O)CCN1C(=O)C(C)(C)Nc2ccccc21. The van der Waals surface area contributed by atoms with Gasteiger partial charge in [-0.2, -0.15) is 0 Å². The first kappa shape index (κ1) is 15.4. The van der Waals surface area contributed by atoms with Crippen molar-refractivity contribution in [3.63, 3.8) is 0 Å². The van der Waals surface area contributed by atoms with Crippen LogP contribution in [0.25, 0.3) is 0 Å². The molecule has 1 aliphatic heterocycles. The topological polar surface area (TPSA) is 61.4 Å². The summed E-state index contributed by atoms with van der Waals surface area (Å²) in [5.41, 5.74) is 1.09. The number of hydrogen-bond acceptors (Lipinski definition) is 3. The molecule has 0 fully saturated rings. The maximum absolute atomic E-state index is 12.6. The van der Waals surface area contributed by atoms with Gasteiger partial charge in [-0.25, -0.2) is 0 Å². The van der Waals surface area contributed by atoms with Gasteiger partial charge in [-0.15, -0.1) is 0 Å². The van der Waals surface area contributed by atoms with Crippen molar-refractivity contribution < 1.29 is 9.59 Å². The summed E-state index contributed by atoms with van der Waals surface area (Å²) >= 11 is 0. The number of nitrogens with zero attached hydrogens (tertiary/aromatic N) is 1. The molecule has 0 bridgehead atoms. The third-order valence-electron chi connectivity index (χ3n) is 3.43.